The second-order valence-electron chi connectivity index (χ2n) is 6.57. The highest BCUT2D eigenvalue weighted by Crippen LogP contribution is 2.38. The molecule has 2 saturated heterocycles. The number of hydrogen-bond donors (Lipinski definition) is 1. The Bertz CT molecular complexity index is 882. The highest BCUT2D eigenvalue weighted by Gasteiger charge is 2.35. The van der Waals surface area contributed by atoms with Crippen LogP contribution in [0.3, 0.4) is 0 Å². The Balaban J connectivity index is 2.05. The van der Waals surface area contributed by atoms with Crippen LogP contribution in [0.5, 0.6) is 0 Å². The highest BCUT2D eigenvalue weighted by atomic mass is 16.4. The standard InChI is InChI=1S/C17H20N4O2/c1-20-14-5-3-2-4-13(14)16(18-15(19-23)17(20)22)21-10-11-6-8-12(21)9-7-11/h2-5,11-12,23H,6-10H2,1H3. The molecule has 0 amide bonds. The molecule has 6 nitrogen and oxygen atoms in total. The van der Waals surface area contributed by atoms with Crippen molar-refractivity contribution in [1.82, 2.24) is 9.55 Å². The number of anilines is 1. The van der Waals surface area contributed by atoms with E-state index in [2.05, 4.69) is 15.0 Å². The molecule has 0 unspecified atom stereocenters. The minimum atomic E-state index is -0.392. The zero-order chi connectivity index (χ0) is 16.0. The fourth-order valence-electron chi connectivity index (χ4n) is 4.03. The van der Waals surface area contributed by atoms with Crippen LogP contribution >= 0.6 is 0 Å². The number of aromatic nitrogens is 2. The smallest absolute Gasteiger partial charge is 0.299 e. The zero-order valence-electron chi connectivity index (χ0n) is 13.1. The van der Waals surface area contributed by atoms with Crippen LogP contribution in [0.2, 0.25) is 0 Å². The minimum absolute atomic E-state index is 0.153. The molecular formula is C17H20N4O2. The number of piperidine rings is 2. The Labute approximate surface area is 133 Å². The summed E-state index contributed by atoms with van der Waals surface area (Å²) in [7, 11) is 1.69. The molecule has 0 atom stereocenters. The van der Waals surface area contributed by atoms with Crippen LogP contribution in [-0.4, -0.2) is 27.3 Å². The van der Waals surface area contributed by atoms with Gasteiger partial charge in [0, 0.05) is 25.0 Å². The third-order valence-corrected chi connectivity index (χ3v) is 5.29. The Morgan fingerprint density at radius 2 is 1.96 bits per heavy atom. The van der Waals surface area contributed by atoms with Gasteiger partial charge in [-0.3, -0.25) is 4.79 Å². The summed E-state index contributed by atoms with van der Waals surface area (Å²) >= 11 is 0. The third-order valence-electron chi connectivity index (χ3n) is 5.29. The second-order valence-corrected chi connectivity index (χ2v) is 6.57. The molecule has 0 radical (unpaired) electrons. The molecule has 6 heteroatoms. The summed E-state index contributed by atoms with van der Waals surface area (Å²) in [6, 6.07) is 8.22. The maximum atomic E-state index is 12.4. The van der Waals surface area contributed by atoms with E-state index >= 15 is 0 Å². The predicted molar refractivity (Wildman–Crippen MR) is 87.4 cm³/mol. The minimum Gasteiger partial charge on any atom is -0.409 e. The quantitative estimate of drug-likeness (QED) is 0.641. The van der Waals surface area contributed by atoms with Gasteiger partial charge in [-0.2, -0.15) is 0 Å². The van der Waals surface area contributed by atoms with Gasteiger partial charge < -0.3 is 14.7 Å². The van der Waals surface area contributed by atoms with Crippen LogP contribution in [0.15, 0.2) is 34.2 Å². The van der Waals surface area contributed by atoms with Gasteiger partial charge in [0.1, 0.15) is 5.82 Å². The van der Waals surface area contributed by atoms with Gasteiger partial charge >= 0.3 is 0 Å². The Morgan fingerprint density at radius 3 is 2.61 bits per heavy atom. The summed E-state index contributed by atoms with van der Waals surface area (Å²) in [5.74, 6) is 1.46. The first-order valence-electron chi connectivity index (χ1n) is 8.14. The molecular weight excluding hydrogens is 292 g/mol. The summed E-state index contributed by atoms with van der Waals surface area (Å²) in [5.41, 5.74) is 0.258. The highest BCUT2D eigenvalue weighted by molar-refractivity contribution is 5.89. The molecule has 3 heterocycles. The van der Waals surface area contributed by atoms with Crippen LogP contribution in [0, 0.1) is 5.92 Å². The number of para-hydroxylation sites is 1. The lowest BCUT2D eigenvalue weighted by Crippen LogP contribution is -2.49. The molecule has 3 aliphatic rings. The van der Waals surface area contributed by atoms with Crippen LogP contribution in [-0.2, 0) is 7.05 Å². The van der Waals surface area contributed by atoms with Gasteiger partial charge in [0.25, 0.3) is 11.0 Å². The molecule has 1 N–H and O–H groups in total. The first-order chi connectivity index (χ1) is 11.2. The Morgan fingerprint density at radius 1 is 1.22 bits per heavy atom. The van der Waals surface area contributed by atoms with Gasteiger partial charge in [0.2, 0.25) is 0 Å². The fraction of sp³-hybridized carbons (Fsp3) is 0.471. The van der Waals surface area contributed by atoms with Crippen molar-refractivity contribution in [3.63, 3.8) is 0 Å². The summed E-state index contributed by atoms with van der Waals surface area (Å²) in [6.45, 7) is 0.967. The van der Waals surface area contributed by atoms with E-state index in [0.717, 1.165) is 23.3 Å². The van der Waals surface area contributed by atoms with Crippen LogP contribution in [0.25, 0.3) is 10.9 Å². The number of nitrogens with zero attached hydrogens (tertiary/aromatic N) is 4. The summed E-state index contributed by atoms with van der Waals surface area (Å²) in [4.78, 5) is 19.2. The van der Waals surface area contributed by atoms with Gasteiger partial charge in [-0.1, -0.05) is 17.3 Å². The number of aryl methyl sites for hydroxylation is 1. The van der Waals surface area contributed by atoms with E-state index in [0.29, 0.717) is 12.0 Å². The maximum Gasteiger partial charge on any atom is 0.299 e. The molecule has 3 fully saturated rings. The van der Waals surface area contributed by atoms with Crippen molar-refractivity contribution in [2.75, 3.05) is 11.4 Å². The second kappa shape index (κ2) is 5.37. The van der Waals surface area contributed by atoms with E-state index in [1.54, 1.807) is 7.05 Å². The average molecular weight is 312 g/mol. The lowest BCUT2D eigenvalue weighted by atomic mass is 9.80. The molecule has 1 aromatic heterocycles. The van der Waals surface area contributed by atoms with Crippen LogP contribution in [0.4, 0.5) is 5.82 Å². The van der Waals surface area contributed by atoms with Crippen molar-refractivity contribution in [3.8, 4) is 0 Å². The summed E-state index contributed by atoms with van der Waals surface area (Å²) in [5, 5.41) is 13.3. The third kappa shape index (κ3) is 2.20. The van der Waals surface area contributed by atoms with Crippen LogP contribution < -0.4 is 15.9 Å². The monoisotopic (exact) mass is 312 g/mol. The average Bonchev–Trinajstić information content (AvgIpc) is 2.72. The van der Waals surface area contributed by atoms with Crippen LogP contribution in [0.1, 0.15) is 25.7 Å². The molecule has 2 aromatic rings. The summed E-state index contributed by atoms with van der Waals surface area (Å²) in [6.07, 6.45) is 4.88. The number of hydrogen-bond acceptors (Lipinski definition) is 5. The summed E-state index contributed by atoms with van der Waals surface area (Å²) < 4.78 is 1.50. The van der Waals surface area contributed by atoms with Gasteiger partial charge in [0.05, 0.1) is 5.52 Å². The van der Waals surface area contributed by atoms with Crippen molar-refractivity contribution in [1.29, 1.82) is 0 Å². The normalized spacial score (nSPS) is 24.4. The van der Waals surface area contributed by atoms with Gasteiger partial charge in [0.15, 0.2) is 0 Å². The number of fused-ring (bicyclic) bond motifs is 4. The number of benzene rings is 1. The topological polar surface area (TPSA) is 70.7 Å². The van der Waals surface area contributed by atoms with Gasteiger partial charge in [-0.15, -0.1) is 0 Å². The first-order valence-corrected chi connectivity index (χ1v) is 8.14. The Hall–Kier alpha value is -2.37. The van der Waals surface area contributed by atoms with Crippen molar-refractivity contribution in [3.05, 3.63) is 40.1 Å². The molecule has 120 valence electrons. The van der Waals surface area contributed by atoms with E-state index in [4.69, 9.17) is 0 Å². The fourth-order valence-corrected chi connectivity index (χ4v) is 4.03. The van der Waals surface area contributed by atoms with E-state index in [-0.39, 0.29) is 5.49 Å². The van der Waals surface area contributed by atoms with Gasteiger partial charge in [-0.05, 0) is 43.7 Å². The lowest BCUT2D eigenvalue weighted by Gasteiger charge is -2.46. The zero-order valence-corrected chi connectivity index (χ0v) is 13.1. The van der Waals surface area contributed by atoms with Crippen molar-refractivity contribution < 1.29 is 5.21 Å². The predicted octanol–water partition coefficient (Wildman–Crippen LogP) is 1.60. The van der Waals surface area contributed by atoms with E-state index in [1.165, 1.54) is 30.3 Å². The first kappa shape index (κ1) is 14.2. The molecule has 5 rings (SSSR count). The molecule has 1 aromatic carbocycles. The van der Waals surface area contributed by atoms with E-state index in [1.807, 2.05) is 24.3 Å². The maximum absolute atomic E-state index is 12.4. The molecule has 1 aliphatic carbocycles. The largest absolute Gasteiger partial charge is 0.409 e. The molecule has 1 saturated carbocycles. The molecule has 23 heavy (non-hydrogen) atoms. The molecule has 2 aliphatic heterocycles. The Kier molecular flexibility index (Phi) is 3.32. The van der Waals surface area contributed by atoms with Crippen molar-refractivity contribution in [2.45, 2.75) is 31.7 Å². The molecule has 0 spiro atoms. The van der Waals surface area contributed by atoms with Crippen molar-refractivity contribution >= 4 is 16.7 Å². The van der Waals surface area contributed by atoms with Gasteiger partial charge in [-0.25, -0.2) is 4.98 Å². The lowest BCUT2D eigenvalue weighted by molar-refractivity contribution is 0.251. The number of rotatable bonds is 1. The molecule has 2 bridgehead atoms. The van der Waals surface area contributed by atoms with Crippen molar-refractivity contribution in [2.24, 2.45) is 18.1 Å². The van der Waals surface area contributed by atoms with E-state index in [9.17, 15) is 10.0 Å². The van der Waals surface area contributed by atoms with E-state index < -0.39 is 5.56 Å². The SMILES string of the molecule is Cn1c(=O)c(=NO)nc(N2CC3CCC2CC3)c2ccccc21.